The molecule has 136 valence electrons. The van der Waals surface area contributed by atoms with E-state index in [2.05, 4.69) is 27.6 Å². The van der Waals surface area contributed by atoms with Gasteiger partial charge in [-0.3, -0.25) is 4.79 Å². The molecule has 0 aliphatic carbocycles. The SMILES string of the molecule is CC(=NNC(=O)c1ccc(Cl)c(Cl)c1)c1ccc(N2CCCCC2)cc1. The van der Waals surface area contributed by atoms with E-state index in [-0.39, 0.29) is 5.91 Å². The zero-order valence-electron chi connectivity index (χ0n) is 14.6. The third-order valence-electron chi connectivity index (χ3n) is 4.51. The Morgan fingerprint density at radius 3 is 2.27 bits per heavy atom. The predicted molar refractivity (Wildman–Crippen MR) is 109 cm³/mol. The third kappa shape index (κ3) is 4.57. The van der Waals surface area contributed by atoms with Gasteiger partial charge in [-0.2, -0.15) is 5.10 Å². The van der Waals surface area contributed by atoms with Crippen LogP contribution in [0, 0.1) is 0 Å². The molecule has 0 bridgehead atoms. The highest BCUT2D eigenvalue weighted by molar-refractivity contribution is 6.42. The zero-order valence-corrected chi connectivity index (χ0v) is 16.1. The summed E-state index contributed by atoms with van der Waals surface area (Å²) in [5.41, 5.74) is 5.92. The maximum Gasteiger partial charge on any atom is 0.271 e. The number of rotatable bonds is 4. The van der Waals surface area contributed by atoms with E-state index in [1.807, 2.05) is 19.1 Å². The standard InChI is InChI=1S/C20H21Cl2N3O/c1-14(23-24-20(26)16-7-10-18(21)19(22)13-16)15-5-8-17(9-6-15)25-11-3-2-4-12-25/h5-10,13H,2-4,11-12H2,1H3,(H,24,26). The summed E-state index contributed by atoms with van der Waals surface area (Å²) >= 11 is 11.8. The van der Waals surface area contributed by atoms with Crippen LogP contribution in [0.4, 0.5) is 5.69 Å². The molecular formula is C20H21Cl2N3O. The second-order valence-electron chi connectivity index (χ2n) is 6.36. The highest BCUT2D eigenvalue weighted by Crippen LogP contribution is 2.23. The fraction of sp³-hybridized carbons (Fsp3) is 0.300. The number of benzene rings is 2. The molecule has 1 amide bonds. The number of piperidine rings is 1. The van der Waals surface area contributed by atoms with E-state index < -0.39 is 0 Å². The number of hydrogen-bond donors (Lipinski definition) is 1. The first-order valence-electron chi connectivity index (χ1n) is 8.69. The summed E-state index contributed by atoms with van der Waals surface area (Å²) in [6, 6.07) is 13.0. The summed E-state index contributed by atoms with van der Waals surface area (Å²) in [5.74, 6) is -0.326. The van der Waals surface area contributed by atoms with Gasteiger partial charge in [0, 0.05) is 24.3 Å². The van der Waals surface area contributed by atoms with E-state index in [1.165, 1.54) is 31.0 Å². The third-order valence-corrected chi connectivity index (χ3v) is 5.25. The Kier molecular flexibility index (Phi) is 6.17. The molecule has 0 radical (unpaired) electrons. The zero-order chi connectivity index (χ0) is 18.5. The molecule has 0 spiro atoms. The van der Waals surface area contributed by atoms with Gasteiger partial charge in [-0.25, -0.2) is 5.43 Å². The molecule has 0 aromatic heterocycles. The van der Waals surface area contributed by atoms with Crippen molar-refractivity contribution in [2.45, 2.75) is 26.2 Å². The first-order valence-corrected chi connectivity index (χ1v) is 9.45. The van der Waals surface area contributed by atoms with Crippen molar-refractivity contribution in [1.29, 1.82) is 0 Å². The van der Waals surface area contributed by atoms with Gasteiger partial charge in [0.2, 0.25) is 0 Å². The molecule has 0 unspecified atom stereocenters. The van der Waals surface area contributed by atoms with E-state index in [0.717, 1.165) is 24.4 Å². The van der Waals surface area contributed by atoms with Crippen LogP contribution in [0.1, 0.15) is 42.1 Å². The smallest absolute Gasteiger partial charge is 0.271 e. The fourth-order valence-electron chi connectivity index (χ4n) is 2.97. The Labute approximate surface area is 163 Å². The van der Waals surface area contributed by atoms with Crippen LogP contribution in [-0.2, 0) is 0 Å². The van der Waals surface area contributed by atoms with Gasteiger partial charge in [0.1, 0.15) is 0 Å². The summed E-state index contributed by atoms with van der Waals surface area (Å²) in [4.78, 5) is 14.6. The van der Waals surface area contributed by atoms with Crippen molar-refractivity contribution in [2.24, 2.45) is 5.10 Å². The van der Waals surface area contributed by atoms with Gasteiger partial charge in [-0.15, -0.1) is 0 Å². The van der Waals surface area contributed by atoms with Crippen LogP contribution in [0.2, 0.25) is 10.0 Å². The summed E-state index contributed by atoms with van der Waals surface area (Å²) < 4.78 is 0. The van der Waals surface area contributed by atoms with Crippen molar-refractivity contribution in [3.05, 3.63) is 63.6 Å². The van der Waals surface area contributed by atoms with E-state index in [1.54, 1.807) is 12.1 Å². The number of hydrazone groups is 1. The molecule has 2 aromatic carbocycles. The molecule has 1 saturated heterocycles. The second kappa shape index (κ2) is 8.56. The number of anilines is 1. The Morgan fingerprint density at radius 1 is 0.962 bits per heavy atom. The fourth-order valence-corrected chi connectivity index (χ4v) is 3.26. The molecule has 1 heterocycles. The Hall–Kier alpha value is -2.04. The lowest BCUT2D eigenvalue weighted by atomic mass is 10.1. The number of nitrogens with one attached hydrogen (secondary N) is 1. The summed E-state index contributed by atoms with van der Waals surface area (Å²) in [5, 5.41) is 4.95. The van der Waals surface area contributed by atoms with Crippen LogP contribution in [0.25, 0.3) is 0 Å². The average molecular weight is 390 g/mol. The molecule has 26 heavy (non-hydrogen) atoms. The van der Waals surface area contributed by atoms with Gasteiger partial charge in [0.05, 0.1) is 15.8 Å². The van der Waals surface area contributed by atoms with E-state index in [0.29, 0.717) is 15.6 Å². The summed E-state index contributed by atoms with van der Waals surface area (Å²) in [6.07, 6.45) is 3.82. The first kappa shape index (κ1) is 18.7. The summed E-state index contributed by atoms with van der Waals surface area (Å²) in [6.45, 7) is 4.10. The molecule has 1 aliphatic heterocycles. The van der Waals surface area contributed by atoms with E-state index >= 15 is 0 Å². The second-order valence-corrected chi connectivity index (χ2v) is 7.18. The number of halogens is 2. The Balaban J connectivity index is 1.65. The average Bonchev–Trinajstić information content (AvgIpc) is 2.68. The maximum atomic E-state index is 12.2. The molecule has 2 aromatic rings. The Bertz CT molecular complexity index is 812. The molecule has 3 rings (SSSR count). The first-order chi connectivity index (χ1) is 12.5. The highest BCUT2D eigenvalue weighted by atomic mass is 35.5. The minimum atomic E-state index is -0.326. The van der Waals surface area contributed by atoms with E-state index in [4.69, 9.17) is 23.2 Å². The molecule has 0 saturated carbocycles. The van der Waals surface area contributed by atoms with E-state index in [9.17, 15) is 4.79 Å². The van der Waals surface area contributed by atoms with Crippen LogP contribution in [0.15, 0.2) is 47.6 Å². The Morgan fingerprint density at radius 2 is 1.62 bits per heavy atom. The molecule has 4 nitrogen and oxygen atoms in total. The number of carbonyl (C=O) groups is 1. The van der Waals surface area contributed by atoms with Crippen LogP contribution in [0.5, 0.6) is 0 Å². The minimum Gasteiger partial charge on any atom is -0.372 e. The molecule has 1 fully saturated rings. The van der Waals surface area contributed by atoms with Crippen molar-refractivity contribution in [1.82, 2.24) is 5.43 Å². The van der Waals surface area contributed by atoms with Gasteiger partial charge < -0.3 is 4.90 Å². The lowest BCUT2D eigenvalue weighted by molar-refractivity contribution is 0.0955. The van der Waals surface area contributed by atoms with Crippen LogP contribution < -0.4 is 10.3 Å². The quantitative estimate of drug-likeness (QED) is 0.581. The van der Waals surface area contributed by atoms with Crippen molar-refractivity contribution in [3.8, 4) is 0 Å². The van der Waals surface area contributed by atoms with Crippen molar-refractivity contribution < 1.29 is 4.79 Å². The predicted octanol–water partition coefficient (Wildman–Crippen LogP) is 5.14. The highest BCUT2D eigenvalue weighted by Gasteiger charge is 2.11. The topological polar surface area (TPSA) is 44.7 Å². The maximum absolute atomic E-state index is 12.2. The molecule has 6 heteroatoms. The minimum absolute atomic E-state index is 0.326. The van der Waals surface area contributed by atoms with Gasteiger partial charge >= 0.3 is 0 Å². The lowest BCUT2D eigenvalue weighted by Crippen LogP contribution is -2.29. The number of nitrogens with zero attached hydrogens (tertiary/aromatic N) is 2. The molecular weight excluding hydrogens is 369 g/mol. The van der Waals surface area contributed by atoms with Crippen LogP contribution in [0.3, 0.4) is 0 Å². The normalized spacial score (nSPS) is 15.0. The summed E-state index contributed by atoms with van der Waals surface area (Å²) in [7, 11) is 0. The van der Waals surface area contributed by atoms with Gasteiger partial charge in [-0.05, 0) is 62.1 Å². The van der Waals surface area contributed by atoms with Gasteiger partial charge in [-0.1, -0.05) is 35.3 Å². The monoisotopic (exact) mass is 389 g/mol. The van der Waals surface area contributed by atoms with Crippen molar-refractivity contribution in [2.75, 3.05) is 18.0 Å². The largest absolute Gasteiger partial charge is 0.372 e. The molecule has 1 N–H and O–H groups in total. The number of carbonyl (C=O) groups excluding carboxylic acids is 1. The number of hydrogen-bond acceptors (Lipinski definition) is 3. The van der Waals surface area contributed by atoms with Crippen molar-refractivity contribution in [3.63, 3.8) is 0 Å². The van der Waals surface area contributed by atoms with Crippen molar-refractivity contribution >= 4 is 40.5 Å². The van der Waals surface area contributed by atoms with Crippen LogP contribution >= 0.6 is 23.2 Å². The van der Waals surface area contributed by atoms with Crippen LogP contribution in [-0.4, -0.2) is 24.7 Å². The van der Waals surface area contributed by atoms with Gasteiger partial charge in [0.15, 0.2) is 0 Å². The number of amides is 1. The molecule has 1 aliphatic rings. The molecule has 0 atom stereocenters. The van der Waals surface area contributed by atoms with Gasteiger partial charge in [0.25, 0.3) is 5.91 Å². The lowest BCUT2D eigenvalue weighted by Gasteiger charge is -2.28.